The van der Waals surface area contributed by atoms with Gasteiger partial charge in [0.05, 0.1) is 0 Å². The van der Waals surface area contributed by atoms with Crippen molar-refractivity contribution in [2.75, 3.05) is 13.2 Å². The number of nitrogens with zero attached hydrogens (tertiary/aromatic N) is 1. The average molecular weight is 117 g/mol. The van der Waals surface area contributed by atoms with Crippen LogP contribution in [0.5, 0.6) is 0 Å². The Morgan fingerprint density at radius 2 is 1.75 bits per heavy atom. The third-order valence-corrected chi connectivity index (χ3v) is 0.408. The molecule has 0 aliphatic rings. The Labute approximate surface area is 49.5 Å². The van der Waals surface area contributed by atoms with E-state index in [2.05, 4.69) is 0 Å². The smallest absolute Gasteiger partial charge is 0.283 e. The lowest BCUT2D eigenvalue weighted by atomic mass is 10.8. The Hall–Kier alpha value is -0.750. The number of nitriles is 1. The van der Waals surface area contributed by atoms with Crippen molar-refractivity contribution in [3.05, 3.63) is 0 Å². The quantitative estimate of drug-likeness (QED) is 0.546. The minimum atomic E-state index is 0.750. The first kappa shape index (κ1) is 10.3. The van der Waals surface area contributed by atoms with Gasteiger partial charge in [0.25, 0.3) is 6.26 Å². The van der Waals surface area contributed by atoms with E-state index in [1.165, 1.54) is 0 Å². The van der Waals surface area contributed by atoms with Gasteiger partial charge in [0.1, 0.15) is 0 Å². The molecule has 8 heavy (non-hydrogen) atoms. The maximum absolute atomic E-state index is 6.88. The largest absolute Gasteiger partial charge is 0.443 e. The standard InChI is InChI=1S/C4H10O.CHNO/c1-3-5-4-2;2-1-3/h3-4H2,1-2H3;3H. The highest BCUT2D eigenvalue weighted by Gasteiger charge is 1.64. The molecule has 0 atom stereocenters. The maximum Gasteiger partial charge on any atom is 0.283 e. The predicted molar refractivity (Wildman–Crippen MR) is 29.7 cm³/mol. The molecule has 0 unspecified atom stereocenters. The van der Waals surface area contributed by atoms with Crippen molar-refractivity contribution in [1.29, 1.82) is 5.26 Å². The molecule has 0 heterocycles. The van der Waals surface area contributed by atoms with Crippen LogP contribution in [-0.2, 0) is 4.74 Å². The number of aliphatic hydroxyl groups is 1. The summed E-state index contributed by atoms with van der Waals surface area (Å²) in [5, 5.41) is 13.8. The van der Waals surface area contributed by atoms with Gasteiger partial charge < -0.3 is 9.84 Å². The molecule has 1 N–H and O–H groups in total. The summed E-state index contributed by atoms with van der Waals surface area (Å²) in [6, 6.07) is 0. The predicted octanol–water partition coefficient (Wildman–Crippen LogP) is 0.883. The summed E-state index contributed by atoms with van der Waals surface area (Å²) in [6.07, 6.45) is 0.750. The lowest BCUT2D eigenvalue weighted by Gasteiger charge is -1.86. The zero-order valence-electron chi connectivity index (χ0n) is 5.22. The molecule has 0 spiro atoms. The second-order valence-corrected chi connectivity index (χ2v) is 0.881. The van der Waals surface area contributed by atoms with Gasteiger partial charge in [0, 0.05) is 13.2 Å². The molecule has 0 fully saturated rings. The van der Waals surface area contributed by atoms with Crippen molar-refractivity contribution in [1.82, 2.24) is 0 Å². The topological polar surface area (TPSA) is 53.2 Å². The summed E-state index contributed by atoms with van der Waals surface area (Å²) in [4.78, 5) is 0. The number of rotatable bonds is 2. The number of hydrogen-bond donors (Lipinski definition) is 1. The lowest BCUT2D eigenvalue weighted by Crippen LogP contribution is -1.84. The van der Waals surface area contributed by atoms with Gasteiger partial charge in [-0.1, -0.05) is 0 Å². The minimum absolute atomic E-state index is 0.750. The van der Waals surface area contributed by atoms with Gasteiger partial charge in [-0.25, -0.2) is 0 Å². The van der Waals surface area contributed by atoms with Crippen molar-refractivity contribution in [3.8, 4) is 6.26 Å². The second-order valence-electron chi connectivity index (χ2n) is 0.881. The van der Waals surface area contributed by atoms with E-state index >= 15 is 0 Å². The highest BCUT2D eigenvalue weighted by Crippen LogP contribution is 1.64. The second kappa shape index (κ2) is 16.3. The number of hydrogen-bond acceptors (Lipinski definition) is 3. The highest BCUT2D eigenvalue weighted by molar-refractivity contribution is 4.30. The van der Waals surface area contributed by atoms with E-state index in [9.17, 15) is 0 Å². The summed E-state index contributed by atoms with van der Waals surface area (Å²) < 4.78 is 4.83. The Morgan fingerprint density at radius 3 is 1.75 bits per heavy atom. The van der Waals surface area contributed by atoms with Crippen molar-refractivity contribution in [2.24, 2.45) is 0 Å². The van der Waals surface area contributed by atoms with Crippen LogP contribution < -0.4 is 0 Å². The molecule has 48 valence electrons. The normalized spacial score (nSPS) is 6.12. The Kier molecular flexibility index (Phi) is 20.9. The third kappa shape index (κ3) is 60.7. The SMILES string of the molecule is CCOCC.N#CO. The van der Waals surface area contributed by atoms with E-state index in [1.807, 2.05) is 13.8 Å². The van der Waals surface area contributed by atoms with Crippen LogP contribution in [0.2, 0.25) is 0 Å². The minimum Gasteiger partial charge on any atom is -0.443 e. The number of ether oxygens (including phenoxy) is 1. The summed E-state index contributed by atoms with van der Waals surface area (Å²) in [5.41, 5.74) is 0. The van der Waals surface area contributed by atoms with Crippen molar-refractivity contribution >= 4 is 0 Å². The molecule has 0 aromatic rings. The monoisotopic (exact) mass is 117 g/mol. The van der Waals surface area contributed by atoms with Gasteiger partial charge in [-0.15, -0.1) is 0 Å². The van der Waals surface area contributed by atoms with E-state index in [-0.39, 0.29) is 0 Å². The first-order valence-corrected chi connectivity index (χ1v) is 2.44. The van der Waals surface area contributed by atoms with E-state index in [4.69, 9.17) is 15.1 Å². The molecular formula is C5H11NO2. The zero-order valence-corrected chi connectivity index (χ0v) is 5.22. The van der Waals surface area contributed by atoms with Crippen LogP contribution in [0.4, 0.5) is 0 Å². The molecule has 0 rings (SSSR count). The highest BCUT2D eigenvalue weighted by atomic mass is 16.5. The fourth-order valence-corrected chi connectivity index (χ4v) is 0.204. The van der Waals surface area contributed by atoms with Gasteiger partial charge in [0.15, 0.2) is 0 Å². The van der Waals surface area contributed by atoms with Crippen LogP contribution in [0.25, 0.3) is 0 Å². The van der Waals surface area contributed by atoms with Crippen molar-refractivity contribution in [2.45, 2.75) is 13.8 Å². The summed E-state index contributed by atoms with van der Waals surface area (Å²) >= 11 is 0. The molecule has 3 heteroatoms. The van der Waals surface area contributed by atoms with E-state index in [0.29, 0.717) is 0 Å². The molecule has 0 radical (unpaired) electrons. The average Bonchev–Trinajstić information content (AvgIpc) is 1.71. The Morgan fingerprint density at radius 1 is 1.50 bits per heavy atom. The van der Waals surface area contributed by atoms with Crippen molar-refractivity contribution < 1.29 is 9.84 Å². The lowest BCUT2D eigenvalue weighted by molar-refractivity contribution is 0.162. The molecule has 0 saturated heterocycles. The maximum atomic E-state index is 6.88. The fraction of sp³-hybridized carbons (Fsp3) is 0.800. The zero-order chi connectivity index (χ0) is 6.83. The summed E-state index contributed by atoms with van der Waals surface area (Å²) in [7, 11) is 0. The van der Waals surface area contributed by atoms with Crippen LogP contribution in [0, 0.1) is 11.5 Å². The van der Waals surface area contributed by atoms with Crippen LogP contribution in [0.3, 0.4) is 0 Å². The molecule has 3 nitrogen and oxygen atoms in total. The first-order valence-electron chi connectivity index (χ1n) is 2.44. The van der Waals surface area contributed by atoms with Crippen LogP contribution in [0.15, 0.2) is 0 Å². The molecule has 0 aromatic carbocycles. The van der Waals surface area contributed by atoms with Gasteiger partial charge in [-0.2, -0.15) is 5.26 Å². The Bertz CT molecular complexity index is 55.9. The summed E-state index contributed by atoms with van der Waals surface area (Å²) in [5.74, 6) is 0. The third-order valence-electron chi connectivity index (χ3n) is 0.408. The number of aliphatic hydroxyl groups excluding tert-OH is 1. The molecule has 0 aromatic heterocycles. The van der Waals surface area contributed by atoms with E-state index < -0.39 is 0 Å². The van der Waals surface area contributed by atoms with E-state index in [0.717, 1.165) is 19.5 Å². The van der Waals surface area contributed by atoms with Gasteiger partial charge in [0.2, 0.25) is 0 Å². The fourth-order valence-electron chi connectivity index (χ4n) is 0.204. The van der Waals surface area contributed by atoms with Crippen LogP contribution in [-0.4, -0.2) is 18.3 Å². The van der Waals surface area contributed by atoms with Crippen LogP contribution in [0.1, 0.15) is 13.8 Å². The van der Waals surface area contributed by atoms with Gasteiger partial charge in [-0.3, -0.25) is 0 Å². The molecule has 0 bridgehead atoms. The molecule has 0 amide bonds. The molecular weight excluding hydrogens is 106 g/mol. The van der Waals surface area contributed by atoms with Gasteiger partial charge >= 0.3 is 0 Å². The molecule has 0 aliphatic heterocycles. The Balaban J connectivity index is 0. The van der Waals surface area contributed by atoms with Crippen LogP contribution >= 0.6 is 0 Å². The van der Waals surface area contributed by atoms with Gasteiger partial charge in [-0.05, 0) is 13.8 Å². The first-order chi connectivity index (χ1) is 3.83. The molecule has 0 aliphatic carbocycles. The molecule has 0 saturated carbocycles. The summed E-state index contributed by atoms with van der Waals surface area (Å²) in [6.45, 7) is 5.67. The van der Waals surface area contributed by atoms with E-state index in [1.54, 1.807) is 0 Å². The van der Waals surface area contributed by atoms with Crippen molar-refractivity contribution in [3.63, 3.8) is 0 Å².